The molecule has 0 spiro atoms. The normalized spacial score (nSPS) is 36.5. The Balaban J connectivity index is 2.75. The van der Waals surface area contributed by atoms with Gasteiger partial charge in [-0.15, -0.1) is 0 Å². The molecule has 1 aliphatic rings. The largest absolute Gasteiger partial charge is 0.479 e. The fraction of sp³-hybridized carbons (Fsp3) is 0.909. The number of aliphatic hydroxyl groups is 1. The summed E-state index contributed by atoms with van der Waals surface area (Å²) < 4.78 is 5.39. The van der Waals surface area contributed by atoms with Crippen LogP contribution in [0.3, 0.4) is 0 Å². The van der Waals surface area contributed by atoms with Crippen molar-refractivity contribution < 1.29 is 19.7 Å². The molecule has 1 rings (SSSR count). The molecule has 0 radical (unpaired) electrons. The smallest absolute Gasteiger partial charge is 0.336 e. The van der Waals surface area contributed by atoms with Crippen LogP contribution in [0.4, 0.5) is 0 Å². The molecule has 0 aromatic carbocycles. The quantitative estimate of drug-likeness (QED) is 0.742. The van der Waals surface area contributed by atoms with Gasteiger partial charge in [0, 0.05) is 0 Å². The van der Waals surface area contributed by atoms with Crippen molar-refractivity contribution in [3.63, 3.8) is 0 Å². The number of carboxylic acid groups (broad SMARTS) is 1. The number of ether oxygens (including phenoxy) is 1. The Morgan fingerprint density at radius 2 is 2.20 bits per heavy atom. The monoisotopic (exact) mass is 216 g/mol. The van der Waals surface area contributed by atoms with Gasteiger partial charge in [-0.3, -0.25) is 0 Å². The van der Waals surface area contributed by atoms with Crippen LogP contribution >= 0.6 is 0 Å². The van der Waals surface area contributed by atoms with E-state index in [4.69, 9.17) is 9.84 Å². The lowest BCUT2D eigenvalue weighted by Crippen LogP contribution is -2.51. The maximum absolute atomic E-state index is 11.3. The number of carbonyl (C=O) groups is 1. The van der Waals surface area contributed by atoms with Crippen LogP contribution in [0, 0.1) is 11.8 Å². The molecule has 0 aromatic heterocycles. The van der Waals surface area contributed by atoms with Crippen LogP contribution in [0.1, 0.15) is 33.1 Å². The SMILES string of the molecule is CC1CCC(OCCO)(C(=O)O)C(C)C1. The average molecular weight is 216 g/mol. The summed E-state index contributed by atoms with van der Waals surface area (Å²) in [4.78, 5) is 11.3. The molecule has 0 amide bonds. The molecule has 88 valence electrons. The lowest BCUT2D eigenvalue weighted by molar-refractivity contribution is -0.182. The van der Waals surface area contributed by atoms with E-state index in [2.05, 4.69) is 6.92 Å². The Labute approximate surface area is 90.2 Å². The fourth-order valence-electron chi connectivity index (χ4n) is 2.44. The minimum Gasteiger partial charge on any atom is -0.479 e. The van der Waals surface area contributed by atoms with Gasteiger partial charge in [0.05, 0.1) is 13.2 Å². The van der Waals surface area contributed by atoms with Crippen molar-refractivity contribution in [3.8, 4) is 0 Å². The standard InChI is InChI=1S/C11H20O4/c1-8-3-4-11(10(13)14,9(2)7-8)15-6-5-12/h8-9,12H,3-7H2,1-2H3,(H,13,14). The minimum atomic E-state index is -1.07. The van der Waals surface area contributed by atoms with Crippen LogP contribution in [-0.4, -0.2) is 35.0 Å². The van der Waals surface area contributed by atoms with Gasteiger partial charge < -0.3 is 14.9 Å². The molecule has 3 atom stereocenters. The lowest BCUT2D eigenvalue weighted by Gasteiger charge is -2.40. The molecule has 15 heavy (non-hydrogen) atoms. The second-order valence-corrected chi connectivity index (χ2v) is 4.55. The molecule has 3 unspecified atom stereocenters. The summed E-state index contributed by atoms with van der Waals surface area (Å²) in [7, 11) is 0. The highest BCUT2D eigenvalue weighted by molar-refractivity contribution is 5.78. The molecule has 0 heterocycles. The van der Waals surface area contributed by atoms with Crippen LogP contribution in [0.5, 0.6) is 0 Å². The molecular weight excluding hydrogens is 196 g/mol. The molecule has 2 N–H and O–H groups in total. The molecule has 0 aliphatic heterocycles. The first-order chi connectivity index (χ1) is 7.03. The summed E-state index contributed by atoms with van der Waals surface area (Å²) in [6.45, 7) is 4.03. The Kier molecular flexibility index (Phi) is 4.11. The van der Waals surface area contributed by atoms with Gasteiger partial charge in [0.15, 0.2) is 5.60 Å². The third kappa shape index (κ3) is 2.49. The number of hydrogen-bond donors (Lipinski definition) is 2. The first kappa shape index (κ1) is 12.5. The molecule has 4 heteroatoms. The number of hydrogen-bond acceptors (Lipinski definition) is 3. The zero-order chi connectivity index (χ0) is 11.5. The van der Waals surface area contributed by atoms with Gasteiger partial charge in [-0.05, 0) is 31.1 Å². The van der Waals surface area contributed by atoms with E-state index in [-0.39, 0.29) is 19.1 Å². The van der Waals surface area contributed by atoms with Crippen molar-refractivity contribution in [1.29, 1.82) is 0 Å². The van der Waals surface area contributed by atoms with Crippen molar-refractivity contribution in [2.45, 2.75) is 38.7 Å². The van der Waals surface area contributed by atoms with Crippen molar-refractivity contribution in [2.75, 3.05) is 13.2 Å². The van der Waals surface area contributed by atoms with Gasteiger partial charge in [-0.25, -0.2) is 4.79 Å². The zero-order valence-electron chi connectivity index (χ0n) is 9.40. The summed E-state index contributed by atoms with van der Waals surface area (Å²) >= 11 is 0. The van der Waals surface area contributed by atoms with Crippen molar-refractivity contribution in [1.82, 2.24) is 0 Å². The van der Waals surface area contributed by atoms with E-state index >= 15 is 0 Å². The Hall–Kier alpha value is -0.610. The van der Waals surface area contributed by atoms with Crippen LogP contribution in [-0.2, 0) is 9.53 Å². The summed E-state index contributed by atoms with van der Waals surface area (Å²) in [6.07, 6.45) is 2.30. The van der Waals surface area contributed by atoms with Crippen LogP contribution in [0.25, 0.3) is 0 Å². The van der Waals surface area contributed by atoms with Crippen LogP contribution in [0.15, 0.2) is 0 Å². The second kappa shape index (κ2) is 4.94. The average Bonchev–Trinajstić information content (AvgIpc) is 2.16. The Morgan fingerprint density at radius 3 is 2.67 bits per heavy atom. The first-order valence-corrected chi connectivity index (χ1v) is 5.51. The summed E-state index contributed by atoms with van der Waals surface area (Å²) in [6, 6.07) is 0. The molecule has 1 saturated carbocycles. The van der Waals surface area contributed by atoms with E-state index in [1.807, 2.05) is 6.92 Å². The van der Waals surface area contributed by atoms with E-state index < -0.39 is 11.6 Å². The third-order valence-electron chi connectivity index (χ3n) is 3.37. The van der Waals surface area contributed by atoms with E-state index in [0.29, 0.717) is 12.3 Å². The van der Waals surface area contributed by atoms with Crippen molar-refractivity contribution in [2.24, 2.45) is 11.8 Å². The van der Waals surface area contributed by atoms with E-state index in [9.17, 15) is 9.90 Å². The maximum Gasteiger partial charge on any atom is 0.336 e. The van der Waals surface area contributed by atoms with Gasteiger partial charge in [0.1, 0.15) is 0 Å². The second-order valence-electron chi connectivity index (χ2n) is 4.55. The van der Waals surface area contributed by atoms with Crippen LogP contribution < -0.4 is 0 Å². The van der Waals surface area contributed by atoms with Gasteiger partial charge in [-0.1, -0.05) is 13.8 Å². The number of carboxylic acids is 1. The molecular formula is C11H20O4. The highest BCUT2D eigenvalue weighted by Crippen LogP contribution is 2.39. The van der Waals surface area contributed by atoms with Gasteiger partial charge >= 0.3 is 5.97 Å². The topological polar surface area (TPSA) is 66.8 Å². The zero-order valence-corrected chi connectivity index (χ0v) is 9.40. The van der Waals surface area contributed by atoms with Gasteiger partial charge in [0.2, 0.25) is 0 Å². The fourth-order valence-corrected chi connectivity index (χ4v) is 2.44. The predicted molar refractivity (Wildman–Crippen MR) is 55.6 cm³/mol. The Bertz CT molecular complexity index is 225. The molecule has 0 saturated heterocycles. The summed E-state index contributed by atoms with van der Waals surface area (Å²) in [5.41, 5.74) is -1.07. The molecule has 1 fully saturated rings. The van der Waals surface area contributed by atoms with Crippen molar-refractivity contribution >= 4 is 5.97 Å². The number of rotatable bonds is 4. The highest BCUT2D eigenvalue weighted by atomic mass is 16.5. The van der Waals surface area contributed by atoms with Crippen molar-refractivity contribution in [3.05, 3.63) is 0 Å². The van der Waals surface area contributed by atoms with E-state index in [1.54, 1.807) is 0 Å². The molecule has 1 aliphatic carbocycles. The maximum atomic E-state index is 11.3. The highest BCUT2D eigenvalue weighted by Gasteiger charge is 2.47. The number of aliphatic hydroxyl groups excluding tert-OH is 1. The summed E-state index contributed by atoms with van der Waals surface area (Å²) in [5, 5.41) is 18.0. The van der Waals surface area contributed by atoms with Gasteiger partial charge in [0.25, 0.3) is 0 Å². The number of aliphatic carboxylic acids is 1. The lowest BCUT2D eigenvalue weighted by atomic mass is 9.72. The molecule has 0 bridgehead atoms. The van der Waals surface area contributed by atoms with E-state index in [0.717, 1.165) is 12.8 Å². The third-order valence-corrected chi connectivity index (χ3v) is 3.37. The Morgan fingerprint density at radius 1 is 1.53 bits per heavy atom. The minimum absolute atomic E-state index is 0.00491. The predicted octanol–water partition coefficient (Wildman–Crippen LogP) is 1.27. The summed E-state index contributed by atoms with van der Waals surface area (Å²) in [5.74, 6) is -0.328. The molecule has 0 aromatic rings. The first-order valence-electron chi connectivity index (χ1n) is 5.51. The van der Waals surface area contributed by atoms with E-state index in [1.165, 1.54) is 0 Å². The van der Waals surface area contributed by atoms with Crippen LogP contribution in [0.2, 0.25) is 0 Å². The molecule has 4 nitrogen and oxygen atoms in total. The van der Waals surface area contributed by atoms with Gasteiger partial charge in [-0.2, -0.15) is 0 Å².